The maximum Gasteiger partial charge on any atom is 0.233 e. The Bertz CT molecular complexity index is 654. The van der Waals surface area contributed by atoms with Crippen LogP contribution in [-0.4, -0.2) is 46.0 Å². The first-order chi connectivity index (χ1) is 11.2. The summed E-state index contributed by atoms with van der Waals surface area (Å²) in [5.41, 5.74) is 0. The maximum absolute atomic E-state index is 12.8. The zero-order valence-electron chi connectivity index (χ0n) is 12.4. The molecule has 1 atom stereocenters. The molecule has 1 aromatic heterocycles. The van der Waals surface area contributed by atoms with Gasteiger partial charge in [-0.1, -0.05) is 0 Å². The highest BCUT2D eigenvalue weighted by molar-refractivity contribution is 8.00. The minimum absolute atomic E-state index is 0.0496. The highest BCUT2D eigenvalue weighted by Crippen LogP contribution is 2.21. The fourth-order valence-corrected chi connectivity index (χ4v) is 3.14. The van der Waals surface area contributed by atoms with Gasteiger partial charge in [-0.3, -0.25) is 4.79 Å². The van der Waals surface area contributed by atoms with Gasteiger partial charge in [0.25, 0.3) is 0 Å². The molecule has 2 heterocycles. The van der Waals surface area contributed by atoms with Crippen molar-refractivity contribution in [1.29, 1.82) is 0 Å². The van der Waals surface area contributed by atoms with E-state index in [2.05, 4.69) is 10.2 Å². The van der Waals surface area contributed by atoms with Crippen molar-refractivity contribution in [3.63, 3.8) is 0 Å². The van der Waals surface area contributed by atoms with Crippen LogP contribution in [0.2, 0.25) is 0 Å². The summed E-state index contributed by atoms with van der Waals surface area (Å²) in [5.74, 6) is 0.602. The molecule has 5 nitrogen and oxygen atoms in total. The number of rotatable bonds is 5. The summed E-state index contributed by atoms with van der Waals surface area (Å²) in [6.45, 7) is 1.23. The first-order valence-electron chi connectivity index (χ1n) is 7.31. The van der Waals surface area contributed by atoms with Gasteiger partial charge in [-0.2, -0.15) is 5.10 Å². The second-order valence-corrected chi connectivity index (χ2v) is 6.22. The van der Waals surface area contributed by atoms with Gasteiger partial charge in [0.2, 0.25) is 11.8 Å². The van der Waals surface area contributed by atoms with Gasteiger partial charge in [0.05, 0.1) is 12.3 Å². The zero-order chi connectivity index (χ0) is 16.1. The third-order valence-electron chi connectivity index (χ3n) is 3.51. The number of hydrogen-bond donors (Lipinski definition) is 0. The number of likely N-dealkylation sites (tertiary alicyclic amines) is 1. The van der Waals surface area contributed by atoms with Crippen molar-refractivity contribution in [2.24, 2.45) is 0 Å². The van der Waals surface area contributed by atoms with Crippen molar-refractivity contribution in [3.8, 4) is 5.88 Å². The van der Waals surface area contributed by atoms with Crippen molar-refractivity contribution in [1.82, 2.24) is 15.1 Å². The summed E-state index contributed by atoms with van der Waals surface area (Å²) in [5, 5.41) is 7.65. The molecule has 0 N–H and O–H groups in total. The van der Waals surface area contributed by atoms with Crippen LogP contribution >= 0.6 is 11.8 Å². The zero-order valence-corrected chi connectivity index (χ0v) is 13.2. The van der Waals surface area contributed by atoms with Crippen LogP contribution in [0.4, 0.5) is 4.39 Å². The van der Waals surface area contributed by atoms with E-state index < -0.39 is 0 Å². The number of benzene rings is 1. The highest BCUT2D eigenvalue weighted by Gasteiger charge is 2.27. The first-order valence-corrected chi connectivity index (χ1v) is 8.30. The molecule has 1 saturated heterocycles. The molecule has 0 bridgehead atoms. The highest BCUT2D eigenvalue weighted by atomic mass is 32.2. The van der Waals surface area contributed by atoms with E-state index in [0.29, 0.717) is 24.7 Å². The lowest BCUT2D eigenvalue weighted by Gasteiger charge is -2.16. The molecule has 2 aromatic rings. The maximum atomic E-state index is 12.8. The van der Waals surface area contributed by atoms with Crippen LogP contribution in [0.25, 0.3) is 0 Å². The predicted octanol–water partition coefficient (Wildman–Crippen LogP) is 2.39. The summed E-state index contributed by atoms with van der Waals surface area (Å²) in [7, 11) is 0. The lowest BCUT2D eigenvalue weighted by molar-refractivity contribution is -0.127. The molecule has 0 radical (unpaired) electrons. The number of amides is 1. The van der Waals surface area contributed by atoms with Crippen molar-refractivity contribution in [3.05, 3.63) is 48.4 Å². The van der Waals surface area contributed by atoms with Crippen LogP contribution in [0.5, 0.6) is 5.88 Å². The van der Waals surface area contributed by atoms with E-state index in [0.717, 1.165) is 11.3 Å². The van der Waals surface area contributed by atoms with Crippen molar-refractivity contribution in [2.75, 3.05) is 18.8 Å². The molecule has 23 heavy (non-hydrogen) atoms. The molecule has 120 valence electrons. The van der Waals surface area contributed by atoms with E-state index in [-0.39, 0.29) is 17.8 Å². The quantitative estimate of drug-likeness (QED) is 0.787. The van der Waals surface area contributed by atoms with Crippen LogP contribution in [0.3, 0.4) is 0 Å². The lowest BCUT2D eigenvalue weighted by atomic mass is 10.3. The normalized spacial score (nSPS) is 17.3. The van der Waals surface area contributed by atoms with E-state index in [9.17, 15) is 9.18 Å². The number of nitrogens with zero attached hydrogens (tertiary/aromatic N) is 3. The Hall–Kier alpha value is -2.15. The van der Waals surface area contributed by atoms with Crippen molar-refractivity contribution >= 4 is 17.7 Å². The van der Waals surface area contributed by atoms with Crippen LogP contribution in [-0.2, 0) is 4.79 Å². The number of halogens is 1. The average molecular weight is 333 g/mol. The Morgan fingerprint density at radius 1 is 1.35 bits per heavy atom. The first kappa shape index (κ1) is 15.7. The molecule has 0 saturated carbocycles. The number of hydrogen-bond acceptors (Lipinski definition) is 5. The Kier molecular flexibility index (Phi) is 5.07. The topological polar surface area (TPSA) is 55.3 Å². The summed E-state index contributed by atoms with van der Waals surface area (Å²) in [6.07, 6.45) is 2.32. The molecular formula is C16H16FN3O2S. The average Bonchev–Trinajstić information content (AvgIpc) is 3.03. The third-order valence-corrected chi connectivity index (χ3v) is 4.51. The molecule has 1 unspecified atom stereocenters. The monoisotopic (exact) mass is 333 g/mol. The fraction of sp³-hybridized carbons (Fsp3) is 0.312. The third kappa shape index (κ3) is 4.41. The Morgan fingerprint density at radius 3 is 2.91 bits per heavy atom. The van der Waals surface area contributed by atoms with Crippen LogP contribution < -0.4 is 4.74 Å². The largest absolute Gasteiger partial charge is 0.471 e. The fourth-order valence-electron chi connectivity index (χ4n) is 2.34. The van der Waals surface area contributed by atoms with Gasteiger partial charge in [0.15, 0.2) is 0 Å². The van der Waals surface area contributed by atoms with Crippen molar-refractivity contribution < 1.29 is 13.9 Å². The summed E-state index contributed by atoms with van der Waals surface area (Å²) < 4.78 is 18.6. The second-order valence-electron chi connectivity index (χ2n) is 5.17. The second kappa shape index (κ2) is 7.41. The standard InChI is InChI=1S/C16H16FN3O2S/c17-12-3-5-14(6-4-12)23-11-16(21)20-9-7-13(10-20)22-15-2-1-8-18-19-15/h1-6,8,13H,7,9-11H2. The summed E-state index contributed by atoms with van der Waals surface area (Å²) in [4.78, 5) is 14.9. The smallest absolute Gasteiger partial charge is 0.233 e. The SMILES string of the molecule is O=C(CSc1ccc(F)cc1)N1CCC(Oc2cccnn2)C1. The lowest BCUT2D eigenvalue weighted by Crippen LogP contribution is -2.32. The van der Waals surface area contributed by atoms with Crippen molar-refractivity contribution in [2.45, 2.75) is 17.4 Å². The molecule has 1 aromatic carbocycles. The molecule has 1 aliphatic heterocycles. The molecule has 7 heteroatoms. The molecule has 0 spiro atoms. The summed E-state index contributed by atoms with van der Waals surface area (Å²) in [6, 6.07) is 9.66. The van der Waals surface area contributed by atoms with E-state index in [4.69, 9.17) is 4.74 Å². The number of ether oxygens (including phenoxy) is 1. The Balaban J connectivity index is 1.46. The number of carbonyl (C=O) groups is 1. The predicted molar refractivity (Wildman–Crippen MR) is 84.8 cm³/mol. The van der Waals surface area contributed by atoms with Crippen LogP contribution in [0.1, 0.15) is 6.42 Å². The van der Waals surface area contributed by atoms with Gasteiger partial charge in [0, 0.05) is 30.1 Å². The number of aromatic nitrogens is 2. The van der Waals surface area contributed by atoms with E-state index >= 15 is 0 Å². The number of carbonyl (C=O) groups excluding carboxylic acids is 1. The van der Waals surface area contributed by atoms with E-state index in [1.165, 1.54) is 23.9 Å². The molecular weight excluding hydrogens is 317 g/mol. The minimum atomic E-state index is -0.274. The van der Waals surface area contributed by atoms with Gasteiger partial charge in [-0.25, -0.2) is 4.39 Å². The Labute approximate surface area is 137 Å². The van der Waals surface area contributed by atoms with Crippen LogP contribution in [0.15, 0.2) is 47.5 Å². The minimum Gasteiger partial charge on any atom is -0.471 e. The van der Waals surface area contributed by atoms with Gasteiger partial charge >= 0.3 is 0 Å². The molecule has 1 amide bonds. The van der Waals surface area contributed by atoms with Gasteiger partial charge < -0.3 is 9.64 Å². The van der Waals surface area contributed by atoms with E-state index in [1.54, 1.807) is 35.4 Å². The number of thioether (sulfide) groups is 1. The van der Waals surface area contributed by atoms with Gasteiger partial charge in [-0.15, -0.1) is 16.9 Å². The molecule has 1 fully saturated rings. The molecule has 0 aliphatic carbocycles. The molecule has 1 aliphatic rings. The Morgan fingerprint density at radius 2 is 2.17 bits per heavy atom. The summed E-state index contributed by atoms with van der Waals surface area (Å²) >= 11 is 1.41. The molecule has 3 rings (SSSR count). The van der Waals surface area contributed by atoms with E-state index in [1.807, 2.05) is 0 Å². The van der Waals surface area contributed by atoms with Gasteiger partial charge in [-0.05, 0) is 30.3 Å². The van der Waals surface area contributed by atoms with Crippen LogP contribution in [0, 0.1) is 5.82 Å². The van der Waals surface area contributed by atoms with Gasteiger partial charge in [0.1, 0.15) is 11.9 Å².